The van der Waals surface area contributed by atoms with Crippen LogP contribution in [0.4, 0.5) is 0 Å². The van der Waals surface area contributed by atoms with Crippen LogP contribution < -0.4 is 0 Å². The van der Waals surface area contributed by atoms with Gasteiger partial charge in [-0.15, -0.1) is 11.3 Å². The third-order valence-corrected chi connectivity index (χ3v) is 4.83. The molecule has 0 amide bonds. The second-order valence-electron chi connectivity index (χ2n) is 5.56. The van der Waals surface area contributed by atoms with Crippen LogP contribution in [0.15, 0.2) is 66.4 Å². The summed E-state index contributed by atoms with van der Waals surface area (Å²) in [5.41, 5.74) is 7.09. The molecule has 0 spiro atoms. The molecule has 4 nitrogen and oxygen atoms in total. The number of nitrogens with zero attached hydrogens (tertiary/aromatic N) is 4. The maximum atomic E-state index is 4.71. The fourth-order valence-electron chi connectivity index (χ4n) is 2.60. The number of hydrogen-bond donors (Lipinski definition) is 0. The minimum absolute atomic E-state index is 0.760. The maximum absolute atomic E-state index is 4.71. The lowest BCUT2D eigenvalue weighted by molar-refractivity contribution is 0.693. The summed E-state index contributed by atoms with van der Waals surface area (Å²) in [6, 6.07) is 16.3. The van der Waals surface area contributed by atoms with Crippen molar-refractivity contribution in [2.24, 2.45) is 0 Å². The van der Waals surface area contributed by atoms with Gasteiger partial charge in [0.1, 0.15) is 0 Å². The smallest absolute Gasteiger partial charge is 0.0923 e. The first kappa shape index (κ1) is 14.8. The molecule has 0 aliphatic heterocycles. The molecule has 118 valence electrons. The van der Waals surface area contributed by atoms with Crippen molar-refractivity contribution in [1.29, 1.82) is 0 Å². The summed E-state index contributed by atoms with van der Waals surface area (Å²) < 4.78 is 1.96. The molecular formula is C19H16N4S. The molecule has 0 bridgehead atoms. The minimum Gasteiger partial charge on any atom is -0.267 e. The highest BCUT2D eigenvalue weighted by atomic mass is 32.1. The van der Waals surface area contributed by atoms with Crippen molar-refractivity contribution in [2.75, 3.05) is 0 Å². The predicted molar refractivity (Wildman–Crippen MR) is 96.8 cm³/mol. The Morgan fingerprint density at radius 3 is 2.58 bits per heavy atom. The van der Waals surface area contributed by atoms with Gasteiger partial charge in [0.15, 0.2) is 0 Å². The molecule has 0 aliphatic rings. The Morgan fingerprint density at radius 1 is 0.958 bits per heavy atom. The maximum Gasteiger partial charge on any atom is 0.0923 e. The van der Waals surface area contributed by atoms with E-state index >= 15 is 0 Å². The van der Waals surface area contributed by atoms with E-state index < -0.39 is 0 Å². The molecule has 0 aliphatic carbocycles. The van der Waals surface area contributed by atoms with Crippen LogP contribution >= 0.6 is 11.3 Å². The van der Waals surface area contributed by atoms with Crippen molar-refractivity contribution in [3.8, 4) is 22.5 Å². The first-order valence-corrected chi connectivity index (χ1v) is 8.62. The molecule has 0 radical (unpaired) electrons. The Bertz CT molecular complexity index is 956. The highest BCUT2D eigenvalue weighted by Crippen LogP contribution is 2.24. The lowest BCUT2D eigenvalue weighted by Gasteiger charge is -2.03. The van der Waals surface area contributed by atoms with Crippen molar-refractivity contribution >= 4 is 11.3 Å². The number of aromatic nitrogens is 4. The first-order chi connectivity index (χ1) is 11.8. The van der Waals surface area contributed by atoms with Crippen LogP contribution in [0.2, 0.25) is 0 Å². The third kappa shape index (κ3) is 2.98. The van der Waals surface area contributed by atoms with Gasteiger partial charge in [0, 0.05) is 28.4 Å². The third-order valence-electron chi connectivity index (χ3n) is 3.91. The van der Waals surface area contributed by atoms with E-state index in [-0.39, 0.29) is 0 Å². The monoisotopic (exact) mass is 332 g/mol. The molecule has 0 unspecified atom stereocenters. The van der Waals surface area contributed by atoms with E-state index in [4.69, 9.17) is 5.10 Å². The van der Waals surface area contributed by atoms with E-state index in [1.807, 2.05) is 59.8 Å². The quantitative estimate of drug-likeness (QED) is 0.555. The zero-order valence-electron chi connectivity index (χ0n) is 13.3. The highest BCUT2D eigenvalue weighted by Gasteiger charge is 2.07. The Balaban J connectivity index is 1.62. The van der Waals surface area contributed by atoms with Crippen LogP contribution in [0.3, 0.4) is 0 Å². The van der Waals surface area contributed by atoms with Crippen LogP contribution in [-0.2, 0) is 6.54 Å². The van der Waals surface area contributed by atoms with Crippen LogP contribution in [0.25, 0.3) is 22.5 Å². The minimum atomic E-state index is 0.760. The lowest BCUT2D eigenvalue weighted by Crippen LogP contribution is -2.00. The zero-order valence-corrected chi connectivity index (χ0v) is 14.1. The molecule has 0 N–H and O–H groups in total. The van der Waals surface area contributed by atoms with Gasteiger partial charge in [-0.3, -0.25) is 9.67 Å². The summed E-state index contributed by atoms with van der Waals surface area (Å²) >= 11 is 1.67. The van der Waals surface area contributed by atoms with Gasteiger partial charge in [-0.2, -0.15) is 5.10 Å². The van der Waals surface area contributed by atoms with Gasteiger partial charge in [-0.1, -0.05) is 24.3 Å². The average Bonchev–Trinajstić information content (AvgIpc) is 3.26. The molecule has 3 aromatic heterocycles. The van der Waals surface area contributed by atoms with Gasteiger partial charge in [-0.05, 0) is 31.2 Å². The Morgan fingerprint density at radius 2 is 1.83 bits per heavy atom. The topological polar surface area (TPSA) is 43.6 Å². The average molecular weight is 332 g/mol. The highest BCUT2D eigenvalue weighted by molar-refractivity contribution is 7.09. The van der Waals surface area contributed by atoms with Crippen molar-refractivity contribution in [1.82, 2.24) is 19.7 Å². The van der Waals surface area contributed by atoms with Crippen LogP contribution in [0.5, 0.6) is 0 Å². The SMILES string of the molecule is Cc1ncsc1Cn1ccc(-c2cccc(-c3ccccn3)c2)n1. The largest absolute Gasteiger partial charge is 0.267 e. The molecule has 0 atom stereocenters. The van der Waals surface area contributed by atoms with Crippen LogP contribution in [0, 0.1) is 6.92 Å². The summed E-state index contributed by atoms with van der Waals surface area (Å²) in [6.07, 6.45) is 3.83. The number of thiazole rings is 1. The van der Waals surface area contributed by atoms with Crippen molar-refractivity contribution in [3.63, 3.8) is 0 Å². The van der Waals surface area contributed by atoms with E-state index in [9.17, 15) is 0 Å². The van der Waals surface area contributed by atoms with Gasteiger partial charge in [-0.25, -0.2) is 4.98 Å². The van der Waals surface area contributed by atoms with Gasteiger partial charge in [0.05, 0.1) is 29.1 Å². The second kappa shape index (κ2) is 6.37. The van der Waals surface area contributed by atoms with E-state index in [0.717, 1.165) is 34.8 Å². The standard InChI is InChI=1S/C19H16N4S/c1-14-19(24-13-21-14)12-23-10-8-18(22-23)16-6-4-5-15(11-16)17-7-2-3-9-20-17/h2-11,13H,12H2,1H3. The fourth-order valence-corrected chi connectivity index (χ4v) is 3.37. The van der Waals surface area contributed by atoms with Crippen molar-refractivity contribution in [3.05, 3.63) is 77.0 Å². The second-order valence-corrected chi connectivity index (χ2v) is 6.49. The Labute approximate surface area is 144 Å². The van der Waals surface area contributed by atoms with E-state index in [0.29, 0.717) is 0 Å². The van der Waals surface area contributed by atoms with Gasteiger partial charge in [0.25, 0.3) is 0 Å². The summed E-state index contributed by atoms with van der Waals surface area (Å²) in [5, 5.41) is 4.71. The molecule has 0 saturated carbocycles. The number of benzene rings is 1. The van der Waals surface area contributed by atoms with Gasteiger partial charge >= 0.3 is 0 Å². The zero-order chi connectivity index (χ0) is 16.4. The number of rotatable bonds is 4. The van der Waals surface area contributed by atoms with Crippen LogP contribution in [-0.4, -0.2) is 19.7 Å². The predicted octanol–water partition coefficient (Wildman–Crippen LogP) is 4.43. The Hall–Kier alpha value is -2.79. The molecule has 1 aromatic carbocycles. The molecule has 4 rings (SSSR count). The molecular weight excluding hydrogens is 316 g/mol. The van der Waals surface area contributed by atoms with Gasteiger partial charge < -0.3 is 0 Å². The van der Waals surface area contributed by atoms with Crippen molar-refractivity contribution < 1.29 is 0 Å². The normalized spacial score (nSPS) is 10.9. The van der Waals surface area contributed by atoms with E-state index in [1.54, 1.807) is 11.3 Å². The molecule has 0 fully saturated rings. The van der Waals surface area contributed by atoms with E-state index in [2.05, 4.69) is 28.2 Å². The summed E-state index contributed by atoms with van der Waals surface area (Å²) in [4.78, 5) is 9.95. The molecule has 4 aromatic rings. The number of aryl methyl sites for hydroxylation is 1. The fraction of sp³-hybridized carbons (Fsp3) is 0.105. The molecule has 24 heavy (non-hydrogen) atoms. The molecule has 0 saturated heterocycles. The van der Waals surface area contributed by atoms with E-state index in [1.165, 1.54) is 4.88 Å². The number of pyridine rings is 1. The summed E-state index contributed by atoms with van der Waals surface area (Å²) in [7, 11) is 0. The Kier molecular flexibility index (Phi) is 3.92. The number of hydrogen-bond acceptors (Lipinski definition) is 4. The summed E-state index contributed by atoms with van der Waals surface area (Å²) in [5.74, 6) is 0. The van der Waals surface area contributed by atoms with Gasteiger partial charge in [0.2, 0.25) is 0 Å². The lowest BCUT2D eigenvalue weighted by atomic mass is 10.1. The van der Waals surface area contributed by atoms with Crippen molar-refractivity contribution in [2.45, 2.75) is 13.5 Å². The first-order valence-electron chi connectivity index (χ1n) is 7.74. The van der Waals surface area contributed by atoms with Crippen LogP contribution in [0.1, 0.15) is 10.6 Å². The molecule has 3 heterocycles. The summed E-state index contributed by atoms with van der Waals surface area (Å²) in [6.45, 7) is 2.79. The molecule has 5 heteroatoms.